The smallest absolute Gasteiger partial charge is 0.179 e. The summed E-state index contributed by atoms with van der Waals surface area (Å²) in [5.41, 5.74) is 3.28. The molecule has 0 radical (unpaired) electrons. The van der Waals surface area contributed by atoms with E-state index >= 15 is 0 Å². The summed E-state index contributed by atoms with van der Waals surface area (Å²) in [6.45, 7) is 2.11. The molecule has 3 rings (SSSR count). The quantitative estimate of drug-likeness (QED) is 0.867. The minimum Gasteiger partial charge on any atom is -0.381 e. The standard InChI is InChI=1S/C12H18N4OS/c1-4-9-10-11(15(2)14-9)16(12(18)13-10)7-5-8(6-7)17-3/h7-8H,4-6H2,1-3H3,(H,13,18). The van der Waals surface area contributed by atoms with Crippen LogP contribution in [0, 0.1) is 4.77 Å². The van der Waals surface area contributed by atoms with Gasteiger partial charge in [-0.05, 0) is 31.5 Å². The Hall–Kier alpha value is -1.14. The number of hydrogen-bond donors (Lipinski definition) is 1. The summed E-state index contributed by atoms with van der Waals surface area (Å²) in [6, 6.07) is 0.441. The monoisotopic (exact) mass is 266 g/mol. The van der Waals surface area contributed by atoms with E-state index in [-0.39, 0.29) is 0 Å². The van der Waals surface area contributed by atoms with Crippen molar-refractivity contribution in [3.63, 3.8) is 0 Å². The molecule has 0 spiro atoms. The highest BCUT2D eigenvalue weighted by atomic mass is 32.1. The van der Waals surface area contributed by atoms with Crippen molar-refractivity contribution >= 4 is 23.4 Å². The molecule has 1 aliphatic carbocycles. The van der Waals surface area contributed by atoms with Crippen molar-refractivity contribution in [1.82, 2.24) is 19.3 Å². The molecule has 98 valence electrons. The van der Waals surface area contributed by atoms with Crippen LogP contribution in [0.2, 0.25) is 0 Å². The summed E-state index contributed by atoms with van der Waals surface area (Å²) in [7, 11) is 3.75. The Kier molecular flexibility index (Phi) is 2.79. The molecule has 0 amide bonds. The maximum absolute atomic E-state index is 5.45. The second-order valence-electron chi connectivity index (χ2n) is 4.91. The molecule has 6 heteroatoms. The highest BCUT2D eigenvalue weighted by Gasteiger charge is 2.33. The van der Waals surface area contributed by atoms with Gasteiger partial charge in [0.15, 0.2) is 10.4 Å². The van der Waals surface area contributed by atoms with E-state index in [1.807, 2.05) is 11.7 Å². The van der Waals surface area contributed by atoms with Crippen LogP contribution in [0.5, 0.6) is 0 Å². The number of fused-ring (bicyclic) bond motifs is 1. The lowest BCUT2D eigenvalue weighted by Gasteiger charge is -2.35. The first-order chi connectivity index (χ1) is 8.65. The van der Waals surface area contributed by atoms with E-state index in [0.29, 0.717) is 12.1 Å². The van der Waals surface area contributed by atoms with E-state index < -0.39 is 0 Å². The van der Waals surface area contributed by atoms with E-state index in [9.17, 15) is 0 Å². The van der Waals surface area contributed by atoms with Crippen molar-refractivity contribution in [2.24, 2.45) is 7.05 Å². The van der Waals surface area contributed by atoms with Crippen LogP contribution in [0.4, 0.5) is 0 Å². The van der Waals surface area contributed by atoms with E-state index in [4.69, 9.17) is 17.0 Å². The maximum Gasteiger partial charge on any atom is 0.179 e. The summed E-state index contributed by atoms with van der Waals surface area (Å²) in [5, 5.41) is 4.54. The number of imidazole rings is 1. The number of rotatable bonds is 3. The molecule has 0 aromatic carbocycles. The highest BCUT2D eigenvalue weighted by molar-refractivity contribution is 7.71. The molecule has 0 unspecified atom stereocenters. The molecule has 1 fully saturated rings. The summed E-state index contributed by atoms with van der Waals surface area (Å²) in [5.74, 6) is 0. The molecule has 1 saturated carbocycles. The fourth-order valence-corrected chi connectivity index (χ4v) is 3.10. The second-order valence-corrected chi connectivity index (χ2v) is 5.29. The third kappa shape index (κ3) is 1.55. The number of aromatic amines is 1. The number of nitrogens with one attached hydrogen (secondary N) is 1. The van der Waals surface area contributed by atoms with Gasteiger partial charge in [-0.15, -0.1) is 0 Å². The molecule has 0 aliphatic heterocycles. The SMILES string of the molecule is CCc1nn(C)c2c1[nH]c(=S)n2C1CC(OC)C1. The third-order valence-corrected chi connectivity index (χ3v) is 4.17. The van der Waals surface area contributed by atoms with Crippen LogP contribution in [0.25, 0.3) is 11.2 Å². The van der Waals surface area contributed by atoms with Crippen molar-refractivity contribution in [3.05, 3.63) is 10.5 Å². The van der Waals surface area contributed by atoms with Crippen molar-refractivity contribution in [1.29, 1.82) is 0 Å². The lowest BCUT2D eigenvalue weighted by atomic mass is 9.89. The second kappa shape index (κ2) is 4.20. The Morgan fingerprint density at radius 1 is 1.50 bits per heavy atom. The number of aryl methyl sites for hydroxylation is 2. The van der Waals surface area contributed by atoms with Gasteiger partial charge >= 0.3 is 0 Å². The topological polar surface area (TPSA) is 47.8 Å². The molecular formula is C12H18N4OS. The van der Waals surface area contributed by atoms with Gasteiger partial charge in [0.2, 0.25) is 0 Å². The van der Waals surface area contributed by atoms with Crippen LogP contribution >= 0.6 is 12.2 Å². The summed E-state index contributed by atoms with van der Waals surface area (Å²) >= 11 is 5.45. The Bertz CT molecular complexity index is 632. The first-order valence-electron chi connectivity index (χ1n) is 6.34. The third-order valence-electron chi connectivity index (χ3n) is 3.87. The normalized spacial score (nSPS) is 23.5. The predicted molar refractivity (Wildman–Crippen MR) is 72.3 cm³/mol. The molecule has 2 aromatic heterocycles. The van der Waals surface area contributed by atoms with Crippen LogP contribution in [-0.4, -0.2) is 32.5 Å². The fraction of sp³-hybridized carbons (Fsp3) is 0.667. The molecule has 0 bridgehead atoms. The number of hydrogen-bond acceptors (Lipinski definition) is 3. The lowest BCUT2D eigenvalue weighted by molar-refractivity contribution is 0.00668. The number of H-pyrrole nitrogens is 1. The van der Waals surface area contributed by atoms with Gasteiger partial charge < -0.3 is 9.72 Å². The fourth-order valence-electron chi connectivity index (χ4n) is 2.76. The zero-order chi connectivity index (χ0) is 12.9. The number of aromatic nitrogens is 4. The highest BCUT2D eigenvalue weighted by Crippen LogP contribution is 2.36. The van der Waals surface area contributed by atoms with E-state index in [2.05, 4.69) is 21.6 Å². The number of ether oxygens (including phenoxy) is 1. The van der Waals surface area contributed by atoms with E-state index in [1.54, 1.807) is 7.11 Å². The Balaban J connectivity index is 2.09. The van der Waals surface area contributed by atoms with Crippen LogP contribution in [-0.2, 0) is 18.2 Å². The average molecular weight is 266 g/mol. The predicted octanol–water partition coefficient (Wildman–Crippen LogP) is 2.34. The Morgan fingerprint density at radius 2 is 2.22 bits per heavy atom. The molecule has 2 aromatic rings. The minimum absolute atomic E-state index is 0.376. The van der Waals surface area contributed by atoms with E-state index in [0.717, 1.165) is 40.9 Å². The van der Waals surface area contributed by atoms with Gasteiger partial charge in [-0.1, -0.05) is 6.92 Å². The van der Waals surface area contributed by atoms with Crippen LogP contribution in [0.1, 0.15) is 31.5 Å². The minimum atomic E-state index is 0.376. The van der Waals surface area contributed by atoms with Crippen molar-refractivity contribution < 1.29 is 4.74 Å². The van der Waals surface area contributed by atoms with Gasteiger partial charge in [-0.3, -0.25) is 9.25 Å². The van der Waals surface area contributed by atoms with Crippen molar-refractivity contribution in [2.45, 2.75) is 38.3 Å². The van der Waals surface area contributed by atoms with Crippen LogP contribution < -0.4 is 0 Å². The molecule has 5 nitrogen and oxygen atoms in total. The molecule has 2 heterocycles. The van der Waals surface area contributed by atoms with Crippen LogP contribution in [0.3, 0.4) is 0 Å². The Morgan fingerprint density at radius 3 is 2.83 bits per heavy atom. The average Bonchev–Trinajstić information content (AvgIpc) is 2.77. The largest absolute Gasteiger partial charge is 0.381 e. The summed E-state index contributed by atoms with van der Waals surface area (Å²) in [6.07, 6.45) is 3.35. The zero-order valence-corrected chi connectivity index (χ0v) is 11.8. The van der Waals surface area contributed by atoms with Gasteiger partial charge in [-0.25, -0.2) is 0 Å². The molecule has 18 heavy (non-hydrogen) atoms. The number of nitrogens with zero attached hydrogens (tertiary/aromatic N) is 3. The lowest BCUT2D eigenvalue weighted by Crippen LogP contribution is -2.32. The molecule has 1 N–H and O–H groups in total. The molecule has 0 saturated heterocycles. The summed E-state index contributed by atoms with van der Waals surface area (Å²) < 4.78 is 10.3. The molecule has 0 atom stereocenters. The first-order valence-corrected chi connectivity index (χ1v) is 6.75. The summed E-state index contributed by atoms with van der Waals surface area (Å²) in [4.78, 5) is 3.30. The maximum atomic E-state index is 5.45. The van der Waals surface area contributed by atoms with Gasteiger partial charge in [0.05, 0.1) is 11.8 Å². The first kappa shape index (κ1) is 11.9. The van der Waals surface area contributed by atoms with Gasteiger partial charge in [0.1, 0.15) is 5.52 Å². The van der Waals surface area contributed by atoms with Gasteiger partial charge in [0.25, 0.3) is 0 Å². The Labute approximate surface area is 111 Å². The van der Waals surface area contributed by atoms with E-state index in [1.165, 1.54) is 0 Å². The van der Waals surface area contributed by atoms with Crippen molar-refractivity contribution in [2.75, 3.05) is 7.11 Å². The zero-order valence-electron chi connectivity index (χ0n) is 10.9. The van der Waals surface area contributed by atoms with Crippen LogP contribution in [0.15, 0.2) is 0 Å². The molecule has 1 aliphatic rings. The molecular weight excluding hydrogens is 248 g/mol. The van der Waals surface area contributed by atoms with Crippen molar-refractivity contribution in [3.8, 4) is 0 Å². The van der Waals surface area contributed by atoms with Gasteiger partial charge in [0, 0.05) is 20.2 Å². The number of methoxy groups -OCH3 is 1. The van der Waals surface area contributed by atoms with Gasteiger partial charge in [-0.2, -0.15) is 5.10 Å².